The number of fused-ring (bicyclic) bond motifs is 1. The lowest BCUT2D eigenvalue weighted by Crippen LogP contribution is -2.35. The molecule has 7 nitrogen and oxygen atoms in total. The van der Waals surface area contributed by atoms with Gasteiger partial charge in [-0.15, -0.1) is 0 Å². The van der Waals surface area contributed by atoms with E-state index >= 15 is 0 Å². The maximum absolute atomic E-state index is 12.4. The van der Waals surface area contributed by atoms with Crippen LogP contribution >= 0.6 is 0 Å². The summed E-state index contributed by atoms with van der Waals surface area (Å²) < 4.78 is 32.0. The smallest absolute Gasteiger partial charge is 0.263 e. The van der Waals surface area contributed by atoms with Gasteiger partial charge in [-0.2, -0.15) is 0 Å². The molecule has 28 heavy (non-hydrogen) atoms. The molecule has 2 aromatic rings. The summed E-state index contributed by atoms with van der Waals surface area (Å²) in [5.41, 5.74) is 2.61. The van der Waals surface area contributed by atoms with Gasteiger partial charge in [0.05, 0.1) is 12.0 Å². The van der Waals surface area contributed by atoms with Crippen LogP contribution in [-0.2, 0) is 21.2 Å². The fourth-order valence-electron chi connectivity index (χ4n) is 3.05. The number of amidine groups is 1. The third-order valence-electron chi connectivity index (χ3n) is 4.49. The van der Waals surface area contributed by atoms with E-state index in [9.17, 15) is 13.2 Å². The monoisotopic (exact) mass is 401 g/mol. The number of sulfonamides is 1. The van der Waals surface area contributed by atoms with E-state index in [0.29, 0.717) is 18.5 Å². The highest BCUT2D eigenvalue weighted by Crippen LogP contribution is 2.22. The SMILES string of the molecule is COc1ccc(C)cc1CCNC(=O)[C@@H](C)N=C1NS(=O)(=O)c2ccccc21. The number of aliphatic imine (C=N–C) groups is 1. The zero-order chi connectivity index (χ0) is 20.3. The van der Waals surface area contributed by atoms with Crippen LogP contribution in [0.4, 0.5) is 0 Å². The van der Waals surface area contributed by atoms with Crippen molar-refractivity contribution in [3.8, 4) is 5.75 Å². The van der Waals surface area contributed by atoms with E-state index in [2.05, 4.69) is 15.0 Å². The highest BCUT2D eigenvalue weighted by molar-refractivity contribution is 7.90. The van der Waals surface area contributed by atoms with E-state index in [4.69, 9.17) is 4.74 Å². The highest BCUT2D eigenvalue weighted by atomic mass is 32.2. The summed E-state index contributed by atoms with van der Waals surface area (Å²) in [5, 5.41) is 2.84. The van der Waals surface area contributed by atoms with Crippen molar-refractivity contribution in [3.63, 3.8) is 0 Å². The second-order valence-electron chi connectivity index (χ2n) is 6.61. The molecule has 8 heteroatoms. The standard InChI is InChI=1S/C20H23N3O4S/c1-13-8-9-17(27-3)15(12-13)10-11-21-20(24)14(2)22-19-16-6-4-5-7-18(16)28(25,26)23-19/h4-9,12,14H,10-11H2,1-3H3,(H,21,24)(H,22,23)/t14-/m1/s1. The van der Waals surface area contributed by atoms with Crippen LogP contribution in [0.3, 0.4) is 0 Å². The van der Waals surface area contributed by atoms with Crippen molar-refractivity contribution in [2.24, 2.45) is 4.99 Å². The Labute approximate surface area is 164 Å². The van der Waals surface area contributed by atoms with Gasteiger partial charge >= 0.3 is 0 Å². The van der Waals surface area contributed by atoms with Crippen LogP contribution in [-0.4, -0.2) is 39.9 Å². The summed E-state index contributed by atoms with van der Waals surface area (Å²) >= 11 is 0. The normalized spacial score (nSPS) is 16.9. The molecule has 0 unspecified atom stereocenters. The Morgan fingerprint density at radius 3 is 2.75 bits per heavy atom. The Hall–Kier alpha value is -2.87. The van der Waals surface area contributed by atoms with Crippen molar-refractivity contribution in [2.75, 3.05) is 13.7 Å². The Morgan fingerprint density at radius 1 is 1.25 bits per heavy atom. The molecule has 0 radical (unpaired) electrons. The van der Waals surface area contributed by atoms with Gasteiger partial charge in [0.1, 0.15) is 17.6 Å². The number of rotatable bonds is 6. The first-order valence-corrected chi connectivity index (χ1v) is 10.4. The molecule has 1 atom stereocenters. The van der Waals surface area contributed by atoms with Crippen molar-refractivity contribution in [1.29, 1.82) is 0 Å². The van der Waals surface area contributed by atoms with Crippen LogP contribution in [0.15, 0.2) is 52.4 Å². The maximum atomic E-state index is 12.4. The van der Waals surface area contributed by atoms with Crippen molar-refractivity contribution in [2.45, 2.75) is 31.2 Å². The zero-order valence-corrected chi connectivity index (χ0v) is 16.8. The van der Waals surface area contributed by atoms with Crippen LogP contribution in [0.5, 0.6) is 5.75 Å². The van der Waals surface area contributed by atoms with Gasteiger partial charge in [0, 0.05) is 12.1 Å². The predicted molar refractivity (Wildman–Crippen MR) is 107 cm³/mol. The second-order valence-corrected chi connectivity index (χ2v) is 8.26. The minimum Gasteiger partial charge on any atom is -0.496 e. The molecule has 0 fully saturated rings. The molecule has 0 aliphatic carbocycles. The van der Waals surface area contributed by atoms with Gasteiger partial charge in [-0.05, 0) is 44.0 Å². The third-order valence-corrected chi connectivity index (χ3v) is 5.89. The van der Waals surface area contributed by atoms with E-state index in [-0.39, 0.29) is 16.6 Å². The van der Waals surface area contributed by atoms with Gasteiger partial charge < -0.3 is 10.1 Å². The fourth-order valence-corrected chi connectivity index (χ4v) is 4.29. The Balaban J connectivity index is 1.65. The first kappa shape index (κ1) is 19.9. The van der Waals surface area contributed by atoms with Crippen LogP contribution in [0.25, 0.3) is 0 Å². The number of methoxy groups -OCH3 is 1. The van der Waals surface area contributed by atoms with E-state index in [1.54, 1.807) is 32.2 Å². The number of aryl methyl sites for hydroxylation is 1. The number of hydrogen-bond acceptors (Lipinski definition) is 5. The molecule has 2 N–H and O–H groups in total. The molecule has 0 bridgehead atoms. The first-order chi connectivity index (χ1) is 13.3. The summed E-state index contributed by atoms with van der Waals surface area (Å²) in [6.45, 7) is 4.06. The molecule has 0 saturated heterocycles. The van der Waals surface area contributed by atoms with Crippen molar-refractivity contribution in [1.82, 2.24) is 10.0 Å². The van der Waals surface area contributed by atoms with Crippen molar-refractivity contribution < 1.29 is 17.9 Å². The van der Waals surface area contributed by atoms with Gasteiger partial charge in [-0.1, -0.05) is 29.8 Å². The Kier molecular flexibility index (Phi) is 5.69. The number of nitrogens with one attached hydrogen (secondary N) is 2. The fraction of sp³-hybridized carbons (Fsp3) is 0.300. The average molecular weight is 401 g/mol. The Morgan fingerprint density at radius 2 is 2.00 bits per heavy atom. The van der Waals surface area contributed by atoms with Gasteiger partial charge in [-0.3, -0.25) is 14.5 Å². The molecule has 3 rings (SSSR count). The molecule has 2 aromatic carbocycles. The lowest BCUT2D eigenvalue weighted by Gasteiger charge is -2.12. The minimum absolute atomic E-state index is 0.174. The largest absolute Gasteiger partial charge is 0.496 e. The molecule has 1 aliphatic heterocycles. The lowest BCUT2D eigenvalue weighted by molar-refractivity contribution is -0.121. The summed E-state index contributed by atoms with van der Waals surface area (Å²) in [6.07, 6.45) is 0.620. The second kappa shape index (κ2) is 8.02. The summed E-state index contributed by atoms with van der Waals surface area (Å²) in [5.74, 6) is 0.700. The maximum Gasteiger partial charge on any atom is 0.263 e. The molecule has 1 heterocycles. The summed E-state index contributed by atoms with van der Waals surface area (Å²) in [7, 11) is -2.00. The number of benzene rings is 2. The third kappa shape index (κ3) is 4.17. The minimum atomic E-state index is -3.62. The van der Waals surface area contributed by atoms with Gasteiger partial charge in [0.2, 0.25) is 5.91 Å². The van der Waals surface area contributed by atoms with E-state index in [1.807, 2.05) is 25.1 Å². The molecule has 1 amide bonds. The van der Waals surface area contributed by atoms with E-state index < -0.39 is 16.1 Å². The number of hydrogen-bond donors (Lipinski definition) is 2. The lowest BCUT2D eigenvalue weighted by atomic mass is 10.1. The number of carbonyl (C=O) groups excluding carboxylic acids is 1. The highest BCUT2D eigenvalue weighted by Gasteiger charge is 2.31. The molecule has 0 aromatic heterocycles. The predicted octanol–water partition coefficient (Wildman–Crippen LogP) is 1.79. The van der Waals surface area contributed by atoms with Crippen molar-refractivity contribution in [3.05, 3.63) is 59.2 Å². The molecular formula is C20H23N3O4S. The van der Waals surface area contributed by atoms with E-state index in [0.717, 1.165) is 16.9 Å². The number of nitrogens with zero attached hydrogens (tertiary/aromatic N) is 1. The number of carbonyl (C=O) groups is 1. The van der Waals surface area contributed by atoms with Crippen LogP contribution in [0.1, 0.15) is 23.6 Å². The Bertz CT molecular complexity index is 1030. The van der Waals surface area contributed by atoms with Gasteiger partial charge in [0.25, 0.3) is 10.0 Å². The quantitative estimate of drug-likeness (QED) is 0.771. The number of ether oxygens (including phenoxy) is 1. The van der Waals surface area contributed by atoms with Crippen LogP contribution < -0.4 is 14.8 Å². The zero-order valence-electron chi connectivity index (χ0n) is 16.0. The molecule has 1 aliphatic rings. The molecule has 0 spiro atoms. The molecule has 0 saturated carbocycles. The average Bonchev–Trinajstić information content (AvgIpc) is 2.92. The van der Waals surface area contributed by atoms with Crippen LogP contribution in [0.2, 0.25) is 0 Å². The number of amides is 1. The van der Waals surface area contributed by atoms with Gasteiger partial charge in [-0.25, -0.2) is 8.42 Å². The summed E-state index contributed by atoms with van der Waals surface area (Å²) in [4.78, 5) is 16.8. The van der Waals surface area contributed by atoms with E-state index in [1.165, 1.54) is 6.07 Å². The summed E-state index contributed by atoms with van der Waals surface area (Å²) in [6, 6.07) is 11.7. The van der Waals surface area contributed by atoms with Crippen LogP contribution in [0, 0.1) is 6.92 Å². The first-order valence-electron chi connectivity index (χ1n) is 8.93. The topological polar surface area (TPSA) is 96.9 Å². The molecular weight excluding hydrogens is 378 g/mol. The van der Waals surface area contributed by atoms with Gasteiger partial charge in [0.15, 0.2) is 0 Å². The van der Waals surface area contributed by atoms with Crippen molar-refractivity contribution >= 4 is 21.8 Å². The molecule has 148 valence electrons.